The second-order valence-electron chi connectivity index (χ2n) is 1.83. The van der Waals surface area contributed by atoms with Crippen molar-refractivity contribution in [3.8, 4) is 0 Å². The smallest absolute Gasteiger partial charge is 0.186 e. The van der Waals surface area contributed by atoms with Crippen LogP contribution in [-0.4, -0.2) is 8.76 Å². The zero-order valence-electron chi connectivity index (χ0n) is 5.25. The molecule has 0 aliphatic heterocycles. The third-order valence-electron chi connectivity index (χ3n) is 1.09. The van der Waals surface area contributed by atoms with E-state index in [1.807, 2.05) is 0 Å². The zero-order valence-corrected chi connectivity index (χ0v) is 7.65. The van der Waals surface area contributed by atoms with Gasteiger partial charge in [-0.1, -0.05) is 0 Å². The lowest BCUT2D eigenvalue weighted by atomic mass is 10.3. The van der Waals surface area contributed by atoms with Crippen molar-refractivity contribution in [2.24, 2.45) is 0 Å². The maximum atomic E-state index is 12.5. The maximum absolute atomic E-state index is 12.5. The Morgan fingerprint density at radius 3 is 2.64 bits per heavy atom. The first-order valence-electron chi connectivity index (χ1n) is 2.67. The summed E-state index contributed by atoms with van der Waals surface area (Å²) in [6, 6.07) is 3.66. The van der Waals surface area contributed by atoms with E-state index in [4.69, 9.17) is 4.55 Å². The van der Waals surface area contributed by atoms with Crippen LogP contribution in [0.5, 0.6) is 0 Å². The van der Waals surface area contributed by atoms with Crippen LogP contribution in [0.2, 0.25) is 0 Å². The first-order valence-corrected chi connectivity index (χ1v) is 4.57. The van der Waals surface area contributed by atoms with E-state index >= 15 is 0 Å². The Kier molecular flexibility index (Phi) is 2.75. The Labute approximate surface area is 73.8 Å². The van der Waals surface area contributed by atoms with Crippen LogP contribution in [0.25, 0.3) is 0 Å². The van der Waals surface area contributed by atoms with Gasteiger partial charge in [-0.05, 0) is 34.1 Å². The summed E-state index contributed by atoms with van der Waals surface area (Å²) in [5.41, 5.74) is 0. The Balaban J connectivity index is 3.15. The normalized spacial score (nSPS) is 13.0. The van der Waals surface area contributed by atoms with E-state index in [1.165, 1.54) is 12.1 Å². The Morgan fingerprint density at radius 1 is 1.55 bits per heavy atom. The monoisotopic (exact) mass is 238 g/mol. The largest absolute Gasteiger partial charge is 0.302 e. The first kappa shape index (κ1) is 8.83. The third kappa shape index (κ3) is 2.08. The fourth-order valence-electron chi connectivity index (χ4n) is 0.585. The zero-order chi connectivity index (χ0) is 8.43. The second kappa shape index (κ2) is 3.42. The predicted octanol–water partition coefficient (Wildman–Crippen LogP) is 2.17. The summed E-state index contributed by atoms with van der Waals surface area (Å²) >= 11 is 0.850. The highest BCUT2D eigenvalue weighted by Gasteiger charge is 2.03. The molecule has 0 saturated carbocycles. The molecule has 0 saturated heterocycles. The summed E-state index contributed by atoms with van der Waals surface area (Å²) < 4.78 is 31.7. The summed E-state index contributed by atoms with van der Waals surface area (Å²) in [6.45, 7) is 0. The van der Waals surface area contributed by atoms with Crippen molar-refractivity contribution in [1.29, 1.82) is 0 Å². The molecule has 0 aliphatic carbocycles. The summed E-state index contributed by atoms with van der Waals surface area (Å²) in [5.74, 6) is -0.445. The van der Waals surface area contributed by atoms with Crippen LogP contribution in [0.15, 0.2) is 27.6 Å². The molecule has 0 spiro atoms. The second-order valence-corrected chi connectivity index (χ2v) is 3.65. The Morgan fingerprint density at radius 2 is 2.18 bits per heavy atom. The summed E-state index contributed by atoms with van der Waals surface area (Å²) in [5, 5.41) is 0. The highest BCUT2D eigenvalue weighted by molar-refractivity contribution is 9.10. The highest BCUT2D eigenvalue weighted by atomic mass is 79.9. The van der Waals surface area contributed by atoms with Gasteiger partial charge in [0.1, 0.15) is 5.82 Å². The molecule has 2 nitrogen and oxygen atoms in total. The minimum atomic E-state index is -2.04. The van der Waals surface area contributed by atoms with Crippen LogP contribution >= 0.6 is 15.9 Å². The van der Waals surface area contributed by atoms with E-state index in [1.54, 1.807) is 0 Å². The standard InChI is InChI=1S/C6H4BrFO2S/c7-5-3-4(11(9)10)1-2-6(5)8/h1-3H,(H,9,10). The van der Waals surface area contributed by atoms with Crippen LogP contribution in [0, 0.1) is 5.82 Å². The molecule has 1 unspecified atom stereocenters. The highest BCUT2D eigenvalue weighted by Crippen LogP contribution is 2.18. The Bertz CT molecular complexity index is 303. The lowest BCUT2D eigenvalue weighted by molar-refractivity contribution is 0.563. The van der Waals surface area contributed by atoms with E-state index in [0.717, 1.165) is 6.07 Å². The molecule has 1 aromatic carbocycles. The van der Waals surface area contributed by atoms with Gasteiger partial charge in [-0.15, -0.1) is 0 Å². The molecule has 1 aromatic rings. The van der Waals surface area contributed by atoms with Crippen molar-refractivity contribution in [2.45, 2.75) is 4.90 Å². The number of halogens is 2. The molecule has 11 heavy (non-hydrogen) atoms. The molecule has 60 valence electrons. The van der Waals surface area contributed by atoms with Crippen molar-refractivity contribution in [2.75, 3.05) is 0 Å². The molecule has 0 amide bonds. The molecular weight excluding hydrogens is 235 g/mol. The number of benzene rings is 1. The van der Waals surface area contributed by atoms with Gasteiger partial charge >= 0.3 is 0 Å². The molecule has 0 bridgehead atoms. The minimum absolute atomic E-state index is 0.179. The number of hydrogen-bond acceptors (Lipinski definition) is 1. The van der Waals surface area contributed by atoms with E-state index in [9.17, 15) is 8.60 Å². The van der Waals surface area contributed by atoms with E-state index in [0.29, 0.717) is 0 Å². The van der Waals surface area contributed by atoms with Gasteiger partial charge in [0.05, 0.1) is 9.37 Å². The van der Waals surface area contributed by atoms with Crippen LogP contribution in [0.1, 0.15) is 0 Å². The molecule has 1 rings (SSSR count). The first-order chi connectivity index (χ1) is 5.11. The van der Waals surface area contributed by atoms with Crippen LogP contribution in [-0.2, 0) is 11.1 Å². The fourth-order valence-corrected chi connectivity index (χ4v) is 1.52. The molecule has 0 radical (unpaired) electrons. The molecule has 0 heterocycles. The van der Waals surface area contributed by atoms with Gasteiger partial charge < -0.3 is 4.55 Å². The fraction of sp³-hybridized carbons (Fsp3) is 0. The van der Waals surface area contributed by atoms with E-state index < -0.39 is 16.9 Å². The molecule has 1 atom stereocenters. The van der Waals surface area contributed by atoms with Crippen LogP contribution < -0.4 is 0 Å². The molecule has 1 N–H and O–H groups in total. The predicted molar refractivity (Wildman–Crippen MR) is 43.1 cm³/mol. The SMILES string of the molecule is O=S(O)c1ccc(F)c(Br)c1. The van der Waals surface area contributed by atoms with Gasteiger partial charge in [0, 0.05) is 0 Å². The average Bonchev–Trinajstić information content (AvgIpc) is 1.94. The Hall–Kier alpha value is -0.260. The summed E-state index contributed by atoms with van der Waals surface area (Å²) in [4.78, 5) is 0.179. The van der Waals surface area contributed by atoms with Gasteiger partial charge in [0.25, 0.3) is 0 Å². The van der Waals surface area contributed by atoms with Crippen molar-refractivity contribution in [3.05, 3.63) is 28.5 Å². The summed E-state index contributed by atoms with van der Waals surface area (Å²) in [6.07, 6.45) is 0. The van der Waals surface area contributed by atoms with Gasteiger partial charge in [-0.25, -0.2) is 8.60 Å². The minimum Gasteiger partial charge on any atom is -0.302 e. The molecule has 0 aliphatic rings. The van der Waals surface area contributed by atoms with Crippen molar-refractivity contribution in [1.82, 2.24) is 0 Å². The molecule has 0 fully saturated rings. The average molecular weight is 239 g/mol. The topological polar surface area (TPSA) is 37.3 Å². The van der Waals surface area contributed by atoms with E-state index in [-0.39, 0.29) is 9.37 Å². The van der Waals surface area contributed by atoms with Crippen LogP contribution in [0.4, 0.5) is 4.39 Å². The number of hydrogen-bond donors (Lipinski definition) is 1. The third-order valence-corrected chi connectivity index (χ3v) is 2.36. The molecular formula is C6H4BrFO2S. The van der Waals surface area contributed by atoms with E-state index in [2.05, 4.69) is 15.9 Å². The van der Waals surface area contributed by atoms with Gasteiger partial charge in [0.15, 0.2) is 11.1 Å². The maximum Gasteiger partial charge on any atom is 0.186 e. The molecule has 0 aromatic heterocycles. The van der Waals surface area contributed by atoms with Gasteiger partial charge in [-0.3, -0.25) is 0 Å². The lowest BCUT2D eigenvalue weighted by Gasteiger charge is -1.96. The van der Waals surface area contributed by atoms with Gasteiger partial charge in [0.2, 0.25) is 0 Å². The van der Waals surface area contributed by atoms with Gasteiger partial charge in [-0.2, -0.15) is 0 Å². The summed E-state index contributed by atoms with van der Waals surface area (Å²) in [7, 11) is 0. The van der Waals surface area contributed by atoms with Crippen molar-refractivity contribution >= 4 is 27.0 Å². The molecule has 5 heteroatoms. The van der Waals surface area contributed by atoms with Crippen LogP contribution in [0.3, 0.4) is 0 Å². The number of rotatable bonds is 1. The lowest BCUT2D eigenvalue weighted by Crippen LogP contribution is -1.88. The van der Waals surface area contributed by atoms with Crippen molar-refractivity contribution in [3.63, 3.8) is 0 Å². The quantitative estimate of drug-likeness (QED) is 0.762. The van der Waals surface area contributed by atoms with Crippen molar-refractivity contribution < 1.29 is 13.2 Å².